The smallest absolute Gasteiger partial charge is 0.244 e. The number of rotatable bonds is 6. The Labute approximate surface area is 173 Å². The molecular weight excluding hydrogens is 387 g/mol. The largest absolute Gasteiger partial charge is 0.489 e. The van der Waals surface area contributed by atoms with E-state index in [1.54, 1.807) is 30.3 Å². The second kappa shape index (κ2) is 8.49. The van der Waals surface area contributed by atoms with Gasteiger partial charge >= 0.3 is 0 Å². The van der Waals surface area contributed by atoms with Gasteiger partial charge in [0.2, 0.25) is 17.7 Å². The molecule has 1 N–H and O–H groups in total. The third-order valence-electron chi connectivity index (χ3n) is 5.31. The molecule has 0 radical (unpaired) electrons. The number of halogens is 1. The second-order valence-corrected chi connectivity index (χ2v) is 7.41. The van der Waals surface area contributed by atoms with Crippen LogP contribution in [0.25, 0.3) is 0 Å². The maximum Gasteiger partial charge on any atom is 0.244 e. The maximum absolute atomic E-state index is 13.2. The third kappa shape index (κ3) is 4.25. The summed E-state index contributed by atoms with van der Waals surface area (Å²) in [6.07, 6.45) is 4.90. The van der Waals surface area contributed by atoms with Crippen LogP contribution in [-0.4, -0.2) is 29.2 Å². The van der Waals surface area contributed by atoms with Crippen LogP contribution in [-0.2, 0) is 21.0 Å². The molecule has 2 aliphatic rings. The minimum Gasteiger partial charge on any atom is -0.489 e. The van der Waals surface area contributed by atoms with Crippen LogP contribution in [0.5, 0.6) is 5.75 Å². The number of hydrogen-bond donors (Lipinski definition) is 1. The van der Waals surface area contributed by atoms with Crippen LogP contribution in [0, 0.1) is 17.7 Å². The lowest BCUT2D eigenvalue weighted by Crippen LogP contribution is -2.38. The van der Waals surface area contributed by atoms with Crippen molar-refractivity contribution in [3.05, 3.63) is 72.1 Å². The number of ether oxygens (including phenoxy) is 1. The number of likely N-dealkylation sites (tertiary alicyclic amines) is 1. The lowest BCUT2D eigenvalue weighted by Gasteiger charge is -2.15. The van der Waals surface area contributed by atoms with Gasteiger partial charge in [-0.05, 0) is 42.7 Å². The van der Waals surface area contributed by atoms with Gasteiger partial charge < -0.3 is 10.1 Å². The number of hydrogen-bond acceptors (Lipinski definition) is 4. The molecule has 2 atom stereocenters. The Bertz CT molecular complexity index is 994. The number of fused-ring (bicyclic) bond motifs is 1. The summed E-state index contributed by atoms with van der Waals surface area (Å²) in [5, 5.41) is 2.72. The van der Waals surface area contributed by atoms with Crippen LogP contribution in [0.4, 0.5) is 10.1 Å². The van der Waals surface area contributed by atoms with E-state index in [0.29, 0.717) is 24.3 Å². The number of amides is 3. The standard InChI is InChI=1S/C23H21FN2O4/c24-16-6-4-8-18(12-16)30-14-15-5-3-7-17(11-15)25-21(27)13-26-22(28)19-9-1-2-10-20(19)23(26)29/h1-8,11-12,19-20H,9-10,13-14H2,(H,25,27)/t19-,20+. The van der Waals surface area contributed by atoms with E-state index in [-0.39, 0.29) is 42.6 Å². The van der Waals surface area contributed by atoms with Crippen molar-refractivity contribution in [1.29, 1.82) is 0 Å². The molecule has 2 aromatic rings. The summed E-state index contributed by atoms with van der Waals surface area (Å²) in [6.45, 7) is -0.0959. The molecule has 1 saturated heterocycles. The van der Waals surface area contributed by atoms with Gasteiger partial charge in [-0.2, -0.15) is 0 Å². The van der Waals surface area contributed by atoms with Crippen molar-refractivity contribution in [3.63, 3.8) is 0 Å². The van der Waals surface area contributed by atoms with E-state index in [1.807, 2.05) is 18.2 Å². The number of imide groups is 1. The first-order chi connectivity index (χ1) is 14.5. The normalized spacial score (nSPS) is 20.2. The molecule has 1 heterocycles. The Morgan fingerprint density at radius 1 is 1.03 bits per heavy atom. The van der Waals surface area contributed by atoms with Gasteiger partial charge in [0.25, 0.3) is 0 Å². The van der Waals surface area contributed by atoms with Gasteiger partial charge in [-0.3, -0.25) is 19.3 Å². The predicted molar refractivity (Wildman–Crippen MR) is 108 cm³/mol. The van der Waals surface area contributed by atoms with Crippen molar-refractivity contribution in [2.45, 2.75) is 19.4 Å². The van der Waals surface area contributed by atoms with Crippen molar-refractivity contribution in [2.24, 2.45) is 11.8 Å². The zero-order valence-corrected chi connectivity index (χ0v) is 16.2. The molecule has 0 saturated carbocycles. The molecule has 1 aliphatic carbocycles. The van der Waals surface area contributed by atoms with E-state index in [0.717, 1.165) is 10.5 Å². The van der Waals surface area contributed by atoms with E-state index in [2.05, 4.69) is 5.32 Å². The molecule has 7 heteroatoms. The van der Waals surface area contributed by atoms with Crippen molar-refractivity contribution in [1.82, 2.24) is 4.90 Å². The lowest BCUT2D eigenvalue weighted by molar-refractivity contribution is -0.142. The van der Waals surface area contributed by atoms with E-state index in [1.165, 1.54) is 12.1 Å². The molecule has 4 rings (SSSR count). The highest BCUT2D eigenvalue weighted by Crippen LogP contribution is 2.34. The van der Waals surface area contributed by atoms with Gasteiger partial charge in [0.05, 0.1) is 11.8 Å². The molecule has 30 heavy (non-hydrogen) atoms. The fraction of sp³-hybridized carbons (Fsp3) is 0.261. The Kier molecular flexibility index (Phi) is 5.61. The molecule has 0 spiro atoms. The fourth-order valence-corrected chi connectivity index (χ4v) is 3.83. The summed E-state index contributed by atoms with van der Waals surface area (Å²) in [5.74, 6) is -1.66. The number of nitrogens with zero attached hydrogens (tertiary/aromatic N) is 1. The number of allylic oxidation sites excluding steroid dienone is 2. The maximum atomic E-state index is 13.2. The van der Waals surface area contributed by atoms with Gasteiger partial charge in [0, 0.05) is 11.8 Å². The quantitative estimate of drug-likeness (QED) is 0.588. The minimum atomic E-state index is -0.438. The summed E-state index contributed by atoms with van der Waals surface area (Å²) in [5.41, 5.74) is 1.31. The van der Waals surface area contributed by atoms with Crippen LogP contribution in [0.3, 0.4) is 0 Å². The Morgan fingerprint density at radius 3 is 2.43 bits per heavy atom. The SMILES string of the molecule is O=C(CN1C(=O)[C@H]2CC=CC[C@H]2C1=O)Nc1cccc(COc2cccc(F)c2)c1. The topological polar surface area (TPSA) is 75.7 Å². The Balaban J connectivity index is 1.35. The van der Waals surface area contributed by atoms with Crippen LogP contribution in [0.1, 0.15) is 18.4 Å². The first-order valence-corrected chi connectivity index (χ1v) is 9.78. The highest BCUT2D eigenvalue weighted by molar-refractivity contribution is 6.08. The molecular formula is C23H21FN2O4. The van der Waals surface area contributed by atoms with Crippen LogP contribution in [0.2, 0.25) is 0 Å². The van der Waals surface area contributed by atoms with E-state index >= 15 is 0 Å². The monoisotopic (exact) mass is 408 g/mol. The summed E-state index contributed by atoms with van der Waals surface area (Å²) < 4.78 is 18.8. The molecule has 1 fully saturated rings. The van der Waals surface area contributed by atoms with Crippen molar-refractivity contribution < 1.29 is 23.5 Å². The average Bonchev–Trinajstić information content (AvgIpc) is 2.98. The number of carbonyl (C=O) groups excluding carboxylic acids is 3. The van der Waals surface area contributed by atoms with Crippen molar-refractivity contribution in [2.75, 3.05) is 11.9 Å². The summed E-state index contributed by atoms with van der Waals surface area (Å²) in [7, 11) is 0. The molecule has 6 nitrogen and oxygen atoms in total. The highest BCUT2D eigenvalue weighted by atomic mass is 19.1. The first kappa shape index (κ1) is 19.8. The molecule has 0 bridgehead atoms. The fourth-order valence-electron chi connectivity index (χ4n) is 3.83. The zero-order chi connectivity index (χ0) is 21.1. The van der Waals surface area contributed by atoms with Gasteiger partial charge in [0.15, 0.2) is 0 Å². The van der Waals surface area contributed by atoms with Crippen LogP contribution in [0.15, 0.2) is 60.7 Å². The second-order valence-electron chi connectivity index (χ2n) is 7.41. The molecule has 3 amide bonds. The summed E-state index contributed by atoms with van der Waals surface area (Å²) >= 11 is 0. The predicted octanol–water partition coefficient (Wildman–Crippen LogP) is 3.29. The molecule has 1 aliphatic heterocycles. The molecule has 0 aromatic heterocycles. The van der Waals surface area contributed by atoms with Crippen molar-refractivity contribution >= 4 is 23.4 Å². The Morgan fingerprint density at radius 2 is 1.73 bits per heavy atom. The van der Waals surface area contributed by atoms with E-state index in [4.69, 9.17) is 4.74 Å². The molecule has 0 unspecified atom stereocenters. The lowest BCUT2D eigenvalue weighted by atomic mass is 9.85. The Hall–Kier alpha value is -3.48. The summed E-state index contributed by atoms with van der Waals surface area (Å²) in [6, 6.07) is 12.9. The van der Waals surface area contributed by atoms with E-state index < -0.39 is 5.91 Å². The minimum absolute atomic E-state index is 0.201. The van der Waals surface area contributed by atoms with Crippen molar-refractivity contribution in [3.8, 4) is 5.75 Å². The average molecular weight is 408 g/mol. The number of carbonyl (C=O) groups is 3. The van der Waals surface area contributed by atoms with Gasteiger partial charge in [-0.1, -0.05) is 30.4 Å². The van der Waals surface area contributed by atoms with E-state index in [9.17, 15) is 18.8 Å². The van der Waals surface area contributed by atoms with Crippen LogP contribution >= 0.6 is 0 Å². The first-order valence-electron chi connectivity index (χ1n) is 9.78. The third-order valence-corrected chi connectivity index (χ3v) is 5.31. The number of anilines is 1. The van der Waals surface area contributed by atoms with Gasteiger partial charge in [-0.25, -0.2) is 4.39 Å². The highest BCUT2D eigenvalue weighted by Gasteiger charge is 2.47. The van der Waals surface area contributed by atoms with Gasteiger partial charge in [0.1, 0.15) is 24.7 Å². The number of nitrogens with one attached hydrogen (secondary N) is 1. The summed E-state index contributed by atoms with van der Waals surface area (Å²) in [4.78, 5) is 38.5. The zero-order valence-electron chi connectivity index (χ0n) is 16.2. The molecule has 154 valence electrons. The molecule has 2 aromatic carbocycles. The van der Waals surface area contributed by atoms with Gasteiger partial charge in [-0.15, -0.1) is 0 Å². The van der Waals surface area contributed by atoms with Crippen LogP contribution < -0.4 is 10.1 Å². The number of benzene rings is 2.